The topological polar surface area (TPSA) is 78.4 Å². The van der Waals surface area contributed by atoms with E-state index in [1.807, 2.05) is 12.1 Å². The number of phenols is 1. The molecule has 27 heavy (non-hydrogen) atoms. The summed E-state index contributed by atoms with van der Waals surface area (Å²) in [4.78, 5) is 23.9. The molecule has 2 aromatic carbocycles. The lowest BCUT2D eigenvalue weighted by molar-refractivity contribution is -0.119. The number of hydrazine groups is 1. The van der Waals surface area contributed by atoms with Crippen LogP contribution in [0.4, 0.5) is 0 Å². The van der Waals surface area contributed by atoms with Crippen molar-refractivity contribution in [2.24, 2.45) is 0 Å². The highest BCUT2D eigenvalue weighted by atomic mass is 32.2. The summed E-state index contributed by atoms with van der Waals surface area (Å²) in [7, 11) is 0. The highest BCUT2D eigenvalue weighted by Crippen LogP contribution is 2.23. The zero-order chi connectivity index (χ0) is 19.6. The van der Waals surface area contributed by atoms with Crippen molar-refractivity contribution in [3.8, 4) is 5.75 Å². The van der Waals surface area contributed by atoms with E-state index in [1.165, 1.54) is 52.7 Å². The van der Waals surface area contributed by atoms with Crippen LogP contribution >= 0.6 is 11.8 Å². The van der Waals surface area contributed by atoms with Crippen molar-refractivity contribution in [2.45, 2.75) is 20.3 Å². The lowest BCUT2D eigenvalue weighted by atomic mass is 10.0. The maximum Gasteiger partial charge on any atom is 0.269 e. The predicted octanol–water partition coefficient (Wildman–Crippen LogP) is 3.69. The molecule has 2 amide bonds. The van der Waals surface area contributed by atoms with Crippen LogP contribution in [0.3, 0.4) is 0 Å². The Hall–Kier alpha value is -2.73. The van der Waals surface area contributed by atoms with E-state index in [2.05, 4.69) is 42.9 Å². The third kappa shape index (κ3) is 6.49. The number of rotatable bonds is 7. The van der Waals surface area contributed by atoms with Gasteiger partial charge in [0.15, 0.2) is 0 Å². The van der Waals surface area contributed by atoms with Crippen LogP contribution in [0.5, 0.6) is 5.75 Å². The first-order valence-corrected chi connectivity index (χ1v) is 9.87. The number of thioether (sulfide) groups is 1. The van der Waals surface area contributed by atoms with Crippen molar-refractivity contribution in [3.63, 3.8) is 0 Å². The van der Waals surface area contributed by atoms with Crippen LogP contribution in [0.1, 0.15) is 34.8 Å². The van der Waals surface area contributed by atoms with E-state index in [9.17, 15) is 14.7 Å². The normalized spacial score (nSPS) is 11.1. The van der Waals surface area contributed by atoms with Crippen LogP contribution in [0.15, 0.2) is 54.6 Å². The van der Waals surface area contributed by atoms with Crippen molar-refractivity contribution in [1.82, 2.24) is 10.9 Å². The lowest BCUT2D eigenvalue weighted by Crippen LogP contribution is -2.42. The van der Waals surface area contributed by atoms with Crippen LogP contribution in [0.25, 0.3) is 5.57 Å². The van der Waals surface area contributed by atoms with E-state index in [0.717, 1.165) is 12.2 Å². The summed E-state index contributed by atoms with van der Waals surface area (Å²) in [5, 5.41) is 9.23. The first-order chi connectivity index (χ1) is 13.0. The number of hydrogen-bond acceptors (Lipinski definition) is 4. The summed E-state index contributed by atoms with van der Waals surface area (Å²) in [5.74, 6) is 0.338. The van der Waals surface area contributed by atoms with Crippen LogP contribution in [0.2, 0.25) is 0 Å². The maximum absolute atomic E-state index is 12.0. The first kappa shape index (κ1) is 20.6. The second kappa shape index (κ2) is 10.4. The summed E-state index contributed by atoms with van der Waals surface area (Å²) in [6, 6.07) is 14.0. The number of hydrogen-bond donors (Lipinski definition) is 3. The molecule has 2 rings (SSSR count). The molecule has 0 heterocycles. The Morgan fingerprint density at radius 1 is 1.04 bits per heavy atom. The van der Waals surface area contributed by atoms with E-state index in [4.69, 9.17) is 0 Å². The number of phenolic OH excluding ortho intramolecular Hbond substituents is 1. The number of carbonyl (C=O) groups is 2. The monoisotopic (exact) mass is 384 g/mol. The van der Waals surface area contributed by atoms with E-state index in [1.54, 1.807) is 0 Å². The summed E-state index contributed by atoms with van der Waals surface area (Å²) in [5.41, 5.74) is 8.76. The zero-order valence-electron chi connectivity index (χ0n) is 15.5. The number of aryl methyl sites for hydroxylation is 1. The number of nitrogens with one attached hydrogen (secondary N) is 2. The molecular weight excluding hydrogens is 360 g/mol. The van der Waals surface area contributed by atoms with Gasteiger partial charge in [-0.05, 0) is 54.3 Å². The molecular formula is C21H24N2O3S. The number of benzene rings is 2. The van der Waals surface area contributed by atoms with Crippen molar-refractivity contribution < 1.29 is 14.7 Å². The minimum atomic E-state index is -0.431. The maximum atomic E-state index is 12.0. The second-order valence-electron chi connectivity index (χ2n) is 5.99. The van der Waals surface area contributed by atoms with Gasteiger partial charge in [-0.25, -0.2) is 0 Å². The van der Waals surface area contributed by atoms with Crippen molar-refractivity contribution in [2.75, 3.05) is 11.5 Å². The van der Waals surface area contributed by atoms with E-state index in [0.29, 0.717) is 5.56 Å². The number of allylic oxidation sites excluding steroid dienone is 1. The average molecular weight is 385 g/mol. The Balaban J connectivity index is 1.81. The van der Waals surface area contributed by atoms with Gasteiger partial charge in [0.1, 0.15) is 5.75 Å². The fourth-order valence-electron chi connectivity index (χ4n) is 2.53. The van der Waals surface area contributed by atoms with Gasteiger partial charge in [0.05, 0.1) is 5.75 Å². The third-order valence-corrected chi connectivity index (χ3v) is 4.86. The summed E-state index contributed by atoms with van der Waals surface area (Å²) < 4.78 is 0. The quantitative estimate of drug-likeness (QED) is 0.636. The minimum Gasteiger partial charge on any atom is -0.508 e. The Morgan fingerprint density at radius 3 is 2.41 bits per heavy atom. The van der Waals surface area contributed by atoms with Gasteiger partial charge >= 0.3 is 0 Å². The molecule has 2 aromatic rings. The molecule has 0 saturated carbocycles. The van der Waals surface area contributed by atoms with Crippen LogP contribution in [-0.2, 0) is 4.79 Å². The number of aromatic hydroxyl groups is 1. The molecule has 0 fully saturated rings. The predicted molar refractivity (Wildman–Crippen MR) is 110 cm³/mol. The summed E-state index contributed by atoms with van der Waals surface area (Å²) in [6.45, 7) is 4.17. The molecule has 0 bridgehead atoms. The van der Waals surface area contributed by atoms with E-state index < -0.39 is 5.91 Å². The molecule has 0 spiro atoms. The van der Waals surface area contributed by atoms with Crippen LogP contribution < -0.4 is 10.9 Å². The minimum absolute atomic E-state index is 0.0802. The van der Waals surface area contributed by atoms with Gasteiger partial charge < -0.3 is 5.11 Å². The molecule has 6 heteroatoms. The molecule has 0 atom stereocenters. The molecule has 0 aliphatic heterocycles. The smallest absolute Gasteiger partial charge is 0.269 e. The van der Waals surface area contributed by atoms with Gasteiger partial charge in [0, 0.05) is 11.3 Å². The van der Waals surface area contributed by atoms with Gasteiger partial charge in [0.25, 0.3) is 5.91 Å². The van der Waals surface area contributed by atoms with Crippen molar-refractivity contribution in [3.05, 3.63) is 71.3 Å². The van der Waals surface area contributed by atoms with Crippen molar-refractivity contribution >= 4 is 29.1 Å². The Bertz CT molecular complexity index is 816. The Morgan fingerprint density at radius 2 is 1.74 bits per heavy atom. The largest absolute Gasteiger partial charge is 0.508 e. The molecule has 5 nitrogen and oxygen atoms in total. The van der Waals surface area contributed by atoms with Gasteiger partial charge in [-0.2, -0.15) is 0 Å². The molecule has 0 aromatic heterocycles. The molecule has 3 N–H and O–H groups in total. The van der Waals surface area contributed by atoms with Gasteiger partial charge in [-0.3, -0.25) is 20.4 Å². The fourth-order valence-corrected chi connectivity index (χ4v) is 3.38. The Labute approximate surface area is 163 Å². The first-order valence-electron chi connectivity index (χ1n) is 8.72. The van der Waals surface area contributed by atoms with Gasteiger partial charge in [-0.15, -0.1) is 11.8 Å². The fraction of sp³-hybridized carbons (Fsp3) is 0.238. The molecule has 0 aliphatic rings. The van der Waals surface area contributed by atoms with E-state index >= 15 is 0 Å². The second-order valence-corrected chi connectivity index (χ2v) is 6.98. The molecule has 142 valence electrons. The molecule has 0 unspecified atom stereocenters. The van der Waals surface area contributed by atoms with Crippen molar-refractivity contribution in [1.29, 1.82) is 0 Å². The van der Waals surface area contributed by atoms with Crippen LogP contribution in [0, 0.1) is 6.92 Å². The number of carbonyl (C=O) groups excluding carboxylic acids is 2. The van der Waals surface area contributed by atoms with Gasteiger partial charge in [0.2, 0.25) is 5.91 Å². The van der Waals surface area contributed by atoms with E-state index in [-0.39, 0.29) is 17.4 Å². The summed E-state index contributed by atoms with van der Waals surface area (Å²) >= 11 is 1.50. The zero-order valence-corrected chi connectivity index (χ0v) is 16.3. The highest BCUT2D eigenvalue weighted by Gasteiger charge is 2.09. The number of amides is 2. The Kier molecular flexibility index (Phi) is 7.95. The SMILES string of the molecule is CC/C=C(/CSCC(=O)NNC(=O)c1ccc(O)cc1)c1ccccc1C. The molecule has 0 aliphatic carbocycles. The standard InChI is InChI=1S/C21H24N2O3S/c1-3-6-17(19-8-5-4-7-15(19)2)13-27-14-20(25)22-23-21(26)16-9-11-18(24)12-10-16/h4-12,24H,3,13-14H2,1-2H3,(H,22,25)(H,23,26)/b17-6-. The molecule has 0 radical (unpaired) electrons. The summed E-state index contributed by atoms with van der Waals surface area (Å²) in [6.07, 6.45) is 3.11. The lowest BCUT2D eigenvalue weighted by Gasteiger charge is -2.11. The third-order valence-electron chi connectivity index (χ3n) is 3.88. The average Bonchev–Trinajstić information content (AvgIpc) is 2.66. The highest BCUT2D eigenvalue weighted by molar-refractivity contribution is 8.00. The van der Waals surface area contributed by atoms with Gasteiger partial charge in [-0.1, -0.05) is 37.3 Å². The molecule has 0 saturated heterocycles. The van der Waals surface area contributed by atoms with Crippen LogP contribution in [-0.4, -0.2) is 28.4 Å².